The summed E-state index contributed by atoms with van der Waals surface area (Å²) in [6.45, 7) is 4.10. The van der Waals surface area contributed by atoms with Crippen LogP contribution in [0.3, 0.4) is 0 Å². The van der Waals surface area contributed by atoms with Gasteiger partial charge in [-0.25, -0.2) is 0 Å². The molecule has 1 aliphatic heterocycles. The number of benzene rings is 1. The average Bonchev–Trinajstić information content (AvgIpc) is 2.38. The van der Waals surface area contributed by atoms with Crippen LogP contribution >= 0.6 is 46.4 Å². The van der Waals surface area contributed by atoms with Crippen LogP contribution in [-0.2, 0) is 0 Å². The first-order valence-corrected chi connectivity index (χ1v) is 6.55. The van der Waals surface area contributed by atoms with Crippen molar-refractivity contribution in [1.29, 1.82) is 0 Å². The largest absolute Gasteiger partial charge is 0.282 e. The van der Waals surface area contributed by atoms with Gasteiger partial charge in [-0.15, -0.1) is 0 Å². The van der Waals surface area contributed by atoms with E-state index in [1.54, 1.807) is 16.8 Å². The molecule has 1 aliphatic rings. The molecule has 0 saturated heterocycles. The minimum Gasteiger partial charge on any atom is -0.185 e. The fraction of sp³-hybridized carbons (Fsp3) is 0.364. The monoisotopic (exact) mass is 311 g/mol. The Morgan fingerprint density at radius 3 is 2.06 bits per heavy atom. The van der Waals surface area contributed by atoms with Crippen LogP contribution < -0.4 is 5.43 Å². The average molecular weight is 313 g/mol. The smallest absolute Gasteiger partial charge is 0.185 e. The van der Waals surface area contributed by atoms with Gasteiger partial charge in [0.2, 0.25) is 0 Å². The zero-order valence-corrected chi connectivity index (χ0v) is 12.3. The molecule has 0 atom stereocenters. The lowest BCUT2D eigenvalue weighted by atomic mass is 10.0. The van der Waals surface area contributed by atoms with Crippen molar-refractivity contribution in [3.05, 3.63) is 27.2 Å². The Balaban J connectivity index is 2.53. The van der Waals surface area contributed by atoms with Gasteiger partial charge in [0.1, 0.15) is 10.0 Å². The molecule has 17 heavy (non-hydrogen) atoms. The lowest BCUT2D eigenvalue weighted by Crippen LogP contribution is -2.37. The highest BCUT2D eigenvalue weighted by molar-refractivity contribution is 6.64. The number of halogens is 4. The summed E-state index contributed by atoms with van der Waals surface area (Å²) in [6.07, 6.45) is 0.712. The molecule has 1 aromatic carbocycles. The van der Waals surface area contributed by atoms with Crippen molar-refractivity contribution in [2.45, 2.75) is 25.8 Å². The number of nitrogens with zero attached hydrogens (tertiary/aromatic N) is 1. The fourth-order valence-electron chi connectivity index (χ4n) is 1.77. The lowest BCUT2D eigenvalue weighted by molar-refractivity contribution is -0.507. The van der Waals surface area contributed by atoms with E-state index >= 15 is 0 Å². The molecule has 0 spiro atoms. The summed E-state index contributed by atoms with van der Waals surface area (Å²) >= 11 is 24.4. The van der Waals surface area contributed by atoms with E-state index in [1.807, 2.05) is 13.8 Å². The van der Waals surface area contributed by atoms with Gasteiger partial charge < -0.3 is 0 Å². The van der Waals surface area contributed by atoms with Crippen molar-refractivity contribution >= 4 is 57.3 Å². The molecule has 0 radical (unpaired) electrons. The number of hydrogen-bond acceptors (Lipinski definition) is 1. The number of nitrogens with one attached hydrogen (secondary N) is 1. The molecule has 0 amide bonds. The molecule has 92 valence electrons. The molecule has 0 bridgehead atoms. The summed E-state index contributed by atoms with van der Waals surface area (Å²) in [7, 11) is 0. The van der Waals surface area contributed by atoms with E-state index in [9.17, 15) is 0 Å². The van der Waals surface area contributed by atoms with Gasteiger partial charge in [0.05, 0.1) is 12.0 Å². The Bertz CT molecular complexity index is 485. The first-order valence-electron chi connectivity index (χ1n) is 5.04. The van der Waals surface area contributed by atoms with Crippen molar-refractivity contribution in [2.75, 3.05) is 0 Å². The van der Waals surface area contributed by atoms with Gasteiger partial charge >= 0.3 is 0 Å². The minimum absolute atomic E-state index is 0.122. The third-order valence-electron chi connectivity index (χ3n) is 2.45. The summed E-state index contributed by atoms with van der Waals surface area (Å²) < 4.78 is 1.71. The third-order valence-corrected chi connectivity index (χ3v) is 3.55. The second-order valence-corrected chi connectivity index (χ2v) is 6.29. The van der Waals surface area contributed by atoms with Crippen LogP contribution in [0.2, 0.25) is 15.1 Å². The lowest BCUT2D eigenvalue weighted by Gasteiger charge is -2.14. The zero-order valence-electron chi connectivity index (χ0n) is 9.32. The van der Waals surface area contributed by atoms with E-state index in [1.165, 1.54) is 0 Å². The molecule has 2 rings (SSSR count). The van der Waals surface area contributed by atoms with Gasteiger partial charge in [0, 0.05) is 5.02 Å². The van der Waals surface area contributed by atoms with E-state index in [4.69, 9.17) is 46.4 Å². The van der Waals surface area contributed by atoms with Crippen LogP contribution in [0.25, 0.3) is 0 Å². The van der Waals surface area contributed by atoms with Crippen LogP contribution in [0.15, 0.2) is 12.1 Å². The first-order chi connectivity index (χ1) is 7.80. The van der Waals surface area contributed by atoms with Gasteiger partial charge in [0.15, 0.2) is 0 Å². The topological polar surface area (TPSA) is 15.0 Å². The Morgan fingerprint density at radius 2 is 1.65 bits per heavy atom. The zero-order chi connectivity index (χ0) is 12.8. The summed E-state index contributed by atoms with van der Waals surface area (Å²) in [5, 5.41) is 2.08. The molecule has 0 unspecified atom stereocenters. The van der Waals surface area contributed by atoms with Gasteiger partial charge in [0.25, 0.3) is 10.9 Å². The number of hydrogen-bond donors (Lipinski definition) is 1. The Hall–Kier alpha value is -0.150. The van der Waals surface area contributed by atoms with Crippen LogP contribution in [0, 0.1) is 0 Å². The van der Waals surface area contributed by atoms with Crippen LogP contribution in [0.4, 0.5) is 5.69 Å². The van der Waals surface area contributed by atoms with Crippen LogP contribution in [0.1, 0.15) is 20.3 Å². The molecule has 0 aliphatic carbocycles. The second kappa shape index (κ2) is 4.51. The maximum atomic E-state index is 6.21. The van der Waals surface area contributed by atoms with E-state index in [2.05, 4.69) is 5.43 Å². The maximum absolute atomic E-state index is 6.21. The standard InChI is InChI=1S/C11H11Cl4N2/c1-11(2)5-9(15)17(16-11)10-7(13)3-6(12)4-8(10)14/h3-4,16H,5H2,1-2H3/q+1. The first kappa shape index (κ1) is 13.3. The van der Waals surface area contributed by atoms with E-state index in [-0.39, 0.29) is 5.54 Å². The molecule has 2 nitrogen and oxygen atoms in total. The number of hydrazone groups is 1. The molecule has 1 N–H and O–H groups in total. The Labute approximate surface area is 120 Å². The molecule has 0 fully saturated rings. The molecule has 1 aromatic rings. The van der Waals surface area contributed by atoms with Crippen molar-refractivity contribution in [2.24, 2.45) is 0 Å². The fourth-order valence-corrected chi connectivity index (χ4v) is 3.22. The van der Waals surface area contributed by atoms with Crippen molar-refractivity contribution in [3.63, 3.8) is 0 Å². The van der Waals surface area contributed by atoms with Gasteiger partial charge in [-0.1, -0.05) is 39.5 Å². The highest BCUT2D eigenvalue weighted by Gasteiger charge is 2.39. The van der Waals surface area contributed by atoms with Gasteiger partial charge in [-0.05, 0) is 37.6 Å². The maximum Gasteiger partial charge on any atom is 0.282 e. The number of hydrazine groups is 1. The summed E-state index contributed by atoms with van der Waals surface area (Å²) in [6, 6.07) is 3.28. The summed E-state index contributed by atoms with van der Waals surface area (Å²) in [5.41, 5.74) is 3.76. The predicted molar refractivity (Wildman–Crippen MR) is 74.1 cm³/mol. The van der Waals surface area contributed by atoms with E-state index in [0.29, 0.717) is 32.3 Å². The molecule has 0 saturated carbocycles. The summed E-state index contributed by atoms with van der Waals surface area (Å²) in [5.74, 6) is 0. The SMILES string of the molecule is CC1(C)CC(Cl)=[N+](c2c(Cl)cc(Cl)cc2Cl)N1. The third kappa shape index (κ3) is 2.65. The molecular formula is C11H11Cl4N2+. The van der Waals surface area contributed by atoms with Crippen molar-refractivity contribution in [1.82, 2.24) is 5.43 Å². The molecule has 1 heterocycles. The molecular weight excluding hydrogens is 302 g/mol. The quantitative estimate of drug-likeness (QED) is 0.748. The van der Waals surface area contributed by atoms with Gasteiger partial charge in [-0.3, -0.25) is 0 Å². The minimum atomic E-state index is -0.122. The van der Waals surface area contributed by atoms with E-state index < -0.39 is 0 Å². The van der Waals surface area contributed by atoms with Crippen molar-refractivity contribution in [3.8, 4) is 0 Å². The van der Waals surface area contributed by atoms with Crippen LogP contribution in [0.5, 0.6) is 0 Å². The Morgan fingerprint density at radius 1 is 1.12 bits per heavy atom. The molecule has 6 heteroatoms. The number of rotatable bonds is 1. The normalized spacial score (nSPS) is 18.5. The summed E-state index contributed by atoms with van der Waals surface area (Å²) in [4.78, 5) is 0. The Kier molecular flexibility index (Phi) is 3.52. The van der Waals surface area contributed by atoms with Gasteiger partial charge in [-0.2, -0.15) is 5.43 Å². The highest BCUT2D eigenvalue weighted by Crippen LogP contribution is 2.37. The predicted octanol–water partition coefficient (Wildman–Crippen LogP) is 4.62. The van der Waals surface area contributed by atoms with Crippen molar-refractivity contribution < 1.29 is 4.68 Å². The second-order valence-electron chi connectivity index (χ2n) is 4.60. The highest BCUT2D eigenvalue weighted by atomic mass is 35.5. The van der Waals surface area contributed by atoms with Crippen LogP contribution in [-0.4, -0.2) is 15.4 Å². The van der Waals surface area contributed by atoms with E-state index in [0.717, 1.165) is 0 Å². The molecule has 0 aromatic heterocycles.